The van der Waals surface area contributed by atoms with Gasteiger partial charge in [-0.1, -0.05) is 48.5 Å². The van der Waals surface area contributed by atoms with Gasteiger partial charge in [-0.15, -0.1) is 0 Å². The Morgan fingerprint density at radius 1 is 1.12 bits per heavy atom. The fourth-order valence-corrected chi connectivity index (χ4v) is 2.53. The van der Waals surface area contributed by atoms with Crippen molar-refractivity contribution >= 4 is 22.9 Å². The van der Waals surface area contributed by atoms with E-state index in [4.69, 9.17) is 4.74 Å². The van der Waals surface area contributed by atoms with Gasteiger partial charge in [-0.2, -0.15) is 0 Å². The first-order valence-corrected chi connectivity index (χ1v) is 7.98. The van der Waals surface area contributed by atoms with Crippen molar-refractivity contribution in [3.63, 3.8) is 0 Å². The predicted octanol–water partition coefficient (Wildman–Crippen LogP) is 2.96. The monoisotopic (exact) mass is 334 g/mol. The number of rotatable bonds is 5. The lowest BCUT2D eigenvalue weighted by molar-refractivity contribution is -0.143. The van der Waals surface area contributed by atoms with Gasteiger partial charge in [0.15, 0.2) is 0 Å². The van der Waals surface area contributed by atoms with Crippen LogP contribution >= 0.6 is 0 Å². The highest BCUT2D eigenvalue weighted by molar-refractivity contribution is 5.78. The van der Waals surface area contributed by atoms with E-state index in [1.165, 1.54) is 4.57 Å². The standard InChI is InChI=1S/C20H18N2O3/c1-15-21-18-12-6-5-11-17(18)20(24)22(15)14-19(23)25-13-7-10-16-8-3-2-4-9-16/h2-12H,13-14H2,1H3. The zero-order valence-corrected chi connectivity index (χ0v) is 13.9. The highest BCUT2D eigenvalue weighted by Gasteiger charge is 2.11. The predicted molar refractivity (Wildman–Crippen MR) is 97.2 cm³/mol. The summed E-state index contributed by atoms with van der Waals surface area (Å²) < 4.78 is 6.52. The molecule has 0 bridgehead atoms. The summed E-state index contributed by atoms with van der Waals surface area (Å²) in [7, 11) is 0. The van der Waals surface area contributed by atoms with E-state index in [1.54, 1.807) is 31.2 Å². The third kappa shape index (κ3) is 4.01. The van der Waals surface area contributed by atoms with Crippen LogP contribution in [0.25, 0.3) is 17.0 Å². The molecule has 0 unspecified atom stereocenters. The Bertz CT molecular complexity index is 975. The minimum Gasteiger partial charge on any atom is -0.460 e. The molecule has 0 radical (unpaired) electrons. The van der Waals surface area contributed by atoms with Crippen LogP contribution in [0.15, 0.2) is 65.5 Å². The topological polar surface area (TPSA) is 61.2 Å². The molecule has 0 saturated carbocycles. The lowest BCUT2D eigenvalue weighted by Crippen LogP contribution is -2.28. The van der Waals surface area contributed by atoms with Gasteiger partial charge in [-0.05, 0) is 30.7 Å². The van der Waals surface area contributed by atoms with Crippen molar-refractivity contribution in [3.05, 3.63) is 82.4 Å². The molecule has 0 aliphatic carbocycles. The average molecular weight is 334 g/mol. The maximum absolute atomic E-state index is 12.5. The van der Waals surface area contributed by atoms with Gasteiger partial charge in [0.25, 0.3) is 5.56 Å². The van der Waals surface area contributed by atoms with E-state index in [1.807, 2.05) is 42.5 Å². The number of hydrogen-bond donors (Lipinski definition) is 0. The molecular formula is C20H18N2O3. The van der Waals surface area contributed by atoms with E-state index in [0.717, 1.165) is 5.56 Å². The Morgan fingerprint density at radius 3 is 2.64 bits per heavy atom. The normalized spacial score (nSPS) is 11.1. The number of esters is 1. The van der Waals surface area contributed by atoms with Gasteiger partial charge in [-0.3, -0.25) is 14.2 Å². The maximum Gasteiger partial charge on any atom is 0.326 e. The molecule has 0 spiro atoms. The summed E-state index contributed by atoms with van der Waals surface area (Å²) in [4.78, 5) is 28.9. The van der Waals surface area contributed by atoms with Gasteiger partial charge in [0.05, 0.1) is 10.9 Å². The summed E-state index contributed by atoms with van der Waals surface area (Å²) in [5.41, 5.74) is 1.42. The van der Waals surface area contributed by atoms with E-state index in [9.17, 15) is 9.59 Å². The maximum atomic E-state index is 12.5. The summed E-state index contributed by atoms with van der Waals surface area (Å²) in [6.07, 6.45) is 3.64. The first-order valence-electron chi connectivity index (χ1n) is 7.98. The highest BCUT2D eigenvalue weighted by atomic mass is 16.5. The molecule has 0 saturated heterocycles. The Morgan fingerprint density at radius 2 is 1.84 bits per heavy atom. The second-order valence-electron chi connectivity index (χ2n) is 5.56. The van der Waals surface area contributed by atoms with Crippen LogP contribution in [0, 0.1) is 6.92 Å². The number of fused-ring (bicyclic) bond motifs is 1. The molecule has 1 heterocycles. The van der Waals surface area contributed by atoms with E-state index < -0.39 is 5.97 Å². The minimum atomic E-state index is -0.472. The SMILES string of the molecule is Cc1nc2ccccc2c(=O)n1CC(=O)OCC=Cc1ccccc1. The Hall–Kier alpha value is -3.21. The number of aromatic nitrogens is 2. The second kappa shape index (κ2) is 7.57. The molecule has 25 heavy (non-hydrogen) atoms. The first kappa shape index (κ1) is 16.6. The van der Waals surface area contributed by atoms with Crippen LogP contribution in [0.1, 0.15) is 11.4 Å². The largest absolute Gasteiger partial charge is 0.460 e. The van der Waals surface area contributed by atoms with Crippen LogP contribution in [0.5, 0.6) is 0 Å². The van der Waals surface area contributed by atoms with Crippen LogP contribution in [0.3, 0.4) is 0 Å². The van der Waals surface area contributed by atoms with E-state index in [0.29, 0.717) is 16.7 Å². The van der Waals surface area contributed by atoms with Gasteiger partial charge < -0.3 is 4.74 Å². The Labute approximate surface area is 145 Å². The third-order valence-corrected chi connectivity index (χ3v) is 3.79. The van der Waals surface area contributed by atoms with E-state index >= 15 is 0 Å². The van der Waals surface area contributed by atoms with Crippen molar-refractivity contribution in [1.82, 2.24) is 9.55 Å². The number of ether oxygens (including phenoxy) is 1. The fraction of sp³-hybridized carbons (Fsp3) is 0.150. The third-order valence-electron chi connectivity index (χ3n) is 3.79. The second-order valence-corrected chi connectivity index (χ2v) is 5.56. The van der Waals surface area contributed by atoms with Crippen LogP contribution in [-0.4, -0.2) is 22.1 Å². The number of carbonyl (C=O) groups excluding carboxylic acids is 1. The van der Waals surface area contributed by atoms with Crippen molar-refractivity contribution in [2.75, 3.05) is 6.61 Å². The number of carbonyl (C=O) groups is 1. The lowest BCUT2D eigenvalue weighted by Gasteiger charge is -2.10. The molecule has 0 aliphatic heterocycles. The smallest absolute Gasteiger partial charge is 0.326 e. The van der Waals surface area contributed by atoms with Crippen LogP contribution in [0.4, 0.5) is 0 Å². The number of aryl methyl sites for hydroxylation is 1. The quantitative estimate of drug-likeness (QED) is 0.673. The zero-order chi connectivity index (χ0) is 17.6. The zero-order valence-electron chi connectivity index (χ0n) is 13.9. The Balaban J connectivity index is 1.66. The number of para-hydroxylation sites is 1. The molecule has 1 aromatic heterocycles. The Kier molecular flexibility index (Phi) is 5.04. The van der Waals surface area contributed by atoms with Crippen LogP contribution < -0.4 is 5.56 Å². The van der Waals surface area contributed by atoms with Crippen molar-refractivity contribution in [2.24, 2.45) is 0 Å². The molecule has 3 rings (SSSR count). The molecule has 3 aromatic rings. The van der Waals surface area contributed by atoms with Gasteiger partial charge in [0.1, 0.15) is 19.0 Å². The molecule has 126 valence electrons. The summed E-state index contributed by atoms with van der Waals surface area (Å²) in [5, 5.41) is 0.491. The van der Waals surface area contributed by atoms with Crippen molar-refractivity contribution < 1.29 is 9.53 Å². The van der Waals surface area contributed by atoms with Crippen LogP contribution in [-0.2, 0) is 16.1 Å². The number of nitrogens with zero attached hydrogens (tertiary/aromatic N) is 2. The fourth-order valence-electron chi connectivity index (χ4n) is 2.53. The lowest BCUT2D eigenvalue weighted by atomic mass is 10.2. The summed E-state index contributed by atoms with van der Waals surface area (Å²) in [5.74, 6) is 0.0143. The highest BCUT2D eigenvalue weighted by Crippen LogP contribution is 2.07. The molecule has 0 aliphatic rings. The number of benzene rings is 2. The molecule has 5 nitrogen and oxygen atoms in total. The molecule has 0 fully saturated rings. The van der Waals surface area contributed by atoms with Crippen molar-refractivity contribution in [3.8, 4) is 0 Å². The summed E-state index contributed by atoms with van der Waals surface area (Å²) >= 11 is 0. The first-order chi connectivity index (χ1) is 12.1. The van der Waals surface area contributed by atoms with E-state index in [-0.39, 0.29) is 18.7 Å². The number of hydrogen-bond acceptors (Lipinski definition) is 4. The molecule has 0 amide bonds. The van der Waals surface area contributed by atoms with Gasteiger partial charge in [0, 0.05) is 0 Å². The van der Waals surface area contributed by atoms with Gasteiger partial charge in [0.2, 0.25) is 0 Å². The molecule has 2 aromatic carbocycles. The van der Waals surface area contributed by atoms with Crippen molar-refractivity contribution in [2.45, 2.75) is 13.5 Å². The average Bonchev–Trinajstić information content (AvgIpc) is 2.63. The molecule has 0 atom stereocenters. The molecule has 0 N–H and O–H groups in total. The van der Waals surface area contributed by atoms with Crippen LogP contribution in [0.2, 0.25) is 0 Å². The molecule has 5 heteroatoms. The van der Waals surface area contributed by atoms with Gasteiger partial charge >= 0.3 is 5.97 Å². The van der Waals surface area contributed by atoms with E-state index in [2.05, 4.69) is 4.98 Å². The molecular weight excluding hydrogens is 316 g/mol. The van der Waals surface area contributed by atoms with Crippen molar-refractivity contribution in [1.29, 1.82) is 0 Å². The van der Waals surface area contributed by atoms with Gasteiger partial charge in [-0.25, -0.2) is 4.98 Å². The summed E-state index contributed by atoms with van der Waals surface area (Å²) in [6.45, 7) is 1.71. The minimum absolute atomic E-state index is 0.151. The summed E-state index contributed by atoms with van der Waals surface area (Å²) in [6, 6.07) is 16.8.